The highest BCUT2D eigenvalue weighted by molar-refractivity contribution is 4.72. The largest absolute Gasteiger partial charge is 0.363 e. The van der Waals surface area contributed by atoms with Crippen molar-refractivity contribution in [2.75, 3.05) is 0 Å². The second-order valence-electron chi connectivity index (χ2n) is 3.08. The smallest absolute Gasteiger partial charge is 0.262 e. The molecule has 0 spiro atoms. The van der Waals surface area contributed by atoms with Crippen LogP contribution in [0.25, 0.3) is 0 Å². The molecule has 0 aromatic rings. The Morgan fingerprint density at radius 3 is 2.00 bits per heavy atom. The third-order valence-electron chi connectivity index (χ3n) is 2.21. The molecule has 13 heavy (non-hydrogen) atoms. The van der Waals surface area contributed by atoms with Gasteiger partial charge in [-0.2, -0.15) is 0 Å². The van der Waals surface area contributed by atoms with E-state index in [0.29, 0.717) is 12.8 Å². The second kappa shape index (κ2) is 3.55. The van der Waals surface area contributed by atoms with Crippen LogP contribution in [-0.4, -0.2) is 15.7 Å². The lowest BCUT2D eigenvalue weighted by Crippen LogP contribution is -2.44. The van der Waals surface area contributed by atoms with Gasteiger partial charge in [-0.05, 0) is 12.8 Å². The van der Waals surface area contributed by atoms with Crippen LogP contribution in [0.3, 0.4) is 0 Å². The number of rotatable bonds is 3. The summed E-state index contributed by atoms with van der Waals surface area (Å²) in [5.74, 6) is 0. The monoisotopic (exact) mass is 190 g/mol. The molecule has 1 aliphatic rings. The summed E-state index contributed by atoms with van der Waals surface area (Å²) in [4.78, 5) is 24.1. The zero-order valence-corrected chi connectivity index (χ0v) is 6.97. The van der Waals surface area contributed by atoms with Crippen LogP contribution in [0.5, 0.6) is 0 Å². The van der Waals surface area contributed by atoms with Gasteiger partial charge in [-0.3, -0.25) is 10.1 Å². The normalized spacial score (nSPS) is 20.6. The summed E-state index contributed by atoms with van der Waals surface area (Å²) in [5.41, 5.74) is -1.78. The molecule has 7 heteroatoms. The zero-order valence-electron chi connectivity index (χ0n) is 6.97. The molecule has 0 aromatic carbocycles. The van der Waals surface area contributed by atoms with Crippen LogP contribution in [-0.2, 0) is 4.84 Å². The van der Waals surface area contributed by atoms with E-state index in [1.165, 1.54) is 0 Å². The summed E-state index contributed by atoms with van der Waals surface area (Å²) in [6.07, 6.45) is 2.34. The standard InChI is InChI=1S/C6H10N2O5/c9-7(10)6(13-8(11)12)4-2-1-3-5-6/h1-5H2. The van der Waals surface area contributed by atoms with Crippen LogP contribution in [0, 0.1) is 20.2 Å². The van der Waals surface area contributed by atoms with Gasteiger partial charge in [0.1, 0.15) is 0 Å². The van der Waals surface area contributed by atoms with Crippen molar-refractivity contribution in [2.24, 2.45) is 0 Å². The van der Waals surface area contributed by atoms with Gasteiger partial charge in [-0.25, -0.2) is 4.84 Å². The van der Waals surface area contributed by atoms with E-state index in [4.69, 9.17) is 0 Å². The summed E-state index contributed by atoms with van der Waals surface area (Å²) < 4.78 is 0. The van der Waals surface area contributed by atoms with Crippen LogP contribution in [0.15, 0.2) is 0 Å². The first-order valence-electron chi connectivity index (χ1n) is 4.05. The Labute approximate surface area is 73.9 Å². The van der Waals surface area contributed by atoms with Gasteiger partial charge in [-0.1, -0.05) is 6.42 Å². The van der Waals surface area contributed by atoms with Crippen molar-refractivity contribution in [1.29, 1.82) is 0 Å². The van der Waals surface area contributed by atoms with Gasteiger partial charge in [-0.15, -0.1) is 10.1 Å². The van der Waals surface area contributed by atoms with Gasteiger partial charge < -0.3 is 0 Å². The van der Waals surface area contributed by atoms with Crippen LogP contribution in [0.2, 0.25) is 0 Å². The van der Waals surface area contributed by atoms with Crippen molar-refractivity contribution in [1.82, 2.24) is 0 Å². The molecule has 1 aliphatic carbocycles. The zero-order chi connectivity index (χ0) is 9.90. The minimum absolute atomic E-state index is 0.126. The molecule has 0 saturated heterocycles. The van der Waals surface area contributed by atoms with E-state index in [0.717, 1.165) is 6.42 Å². The lowest BCUT2D eigenvalue weighted by Gasteiger charge is -2.25. The van der Waals surface area contributed by atoms with E-state index < -0.39 is 15.7 Å². The summed E-state index contributed by atoms with van der Waals surface area (Å²) in [6, 6.07) is 0. The van der Waals surface area contributed by atoms with Crippen LogP contribution in [0.1, 0.15) is 32.1 Å². The number of nitro groups is 1. The Morgan fingerprint density at radius 2 is 1.62 bits per heavy atom. The SMILES string of the molecule is O=[N+]([O-])OC1([N+](=O)[O-])CCCCC1. The lowest BCUT2D eigenvalue weighted by atomic mass is 9.92. The van der Waals surface area contributed by atoms with Crippen molar-refractivity contribution in [2.45, 2.75) is 37.8 Å². The van der Waals surface area contributed by atoms with E-state index in [2.05, 4.69) is 4.84 Å². The summed E-state index contributed by atoms with van der Waals surface area (Å²) >= 11 is 0. The van der Waals surface area contributed by atoms with Crippen LogP contribution in [0.4, 0.5) is 0 Å². The molecule has 1 rings (SSSR count). The highest BCUT2D eigenvalue weighted by atomic mass is 17.0. The van der Waals surface area contributed by atoms with Gasteiger partial charge in [0.15, 0.2) is 0 Å². The van der Waals surface area contributed by atoms with Gasteiger partial charge in [0.05, 0.1) is 4.92 Å². The number of nitrogens with zero attached hydrogens (tertiary/aromatic N) is 2. The molecular weight excluding hydrogens is 180 g/mol. The number of hydrogen-bond acceptors (Lipinski definition) is 5. The van der Waals surface area contributed by atoms with Gasteiger partial charge >= 0.3 is 10.8 Å². The van der Waals surface area contributed by atoms with E-state index in [1.54, 1.807) is 0 Å². The fourth-order valence-electron chi connectivity index (χ4n) is 1.55. The fourth-order valence-corrected chi connectivity index (χ4v) is 1.55. The maximum absolute atomic E-state index is 10.6. The van der Waals surface area contributed by atoms with Gasteiger partial charge in [0, 0.05) is 12.8 Å². The molecule has 74 valence electrons. The molecular formula is C6H10N2O5. The molecule has 0 N–H and O–H groups in total. The van der Waals surface area contributed by atoms with Gasteiger partial charge in [0.2, 0.25) is 0 Å². The third kappa shape index (κ3) is 2.04. The average molecular weight is 190 g/mol. The molecule has 0 bridgehead atoms. The van der Waals surface area contributed by atoms with E-state index >= 15 is 0 Å². The molecule has 1 saturated carbocycles. The van der Waals surface area contributed by atoms with Crippen molar-refractivity contribution < 1.29 is 14.8 Å². The Kier molecular flexibility index (Phi) is 2.64. The van der Waals surface area contributed by atoms with Crippen molar-refractivity contribution in [3.63, 3.8) is 0 Å². The van der Waals surface area contributed by atoms with E-state index in [1.807, 2.05) is 0 Å². The minimum Gasteiger partial charge on any atom is -0.262 e. The number of hydrogen-bond donors (Lipinski definition) is 0. The second-order valence-corrected chi connectivity index (χ2v) is 3.08. The Bertz CT molecular complexity index is 223. The van der Waals surface area contributed by atoms with E-state index in [-0.39, 0.29) is 12.8 Å². The predicted molar refractivity (Wildman–Crippen MR) is 40.9 cm³/mol. The molecule has 0 heterocycles. The molecule has 0 aliphatic heterocycles. The Hall–Kier alpha value is -1.40. The van der Waals surface area contributed by atoms with E-state index in [9.17, 15) is 20.2 Å². The van der Waals surface area contributed by atoms with Crippen molar-refractivity contribution in [3.05, 3.63) is 20.2 Å². The maximum atomic E-state index is 10.6. The van der Waals surface area contributed by atoms with Crippen molar-refractivity contribution in [3.8, 4) is 0 Å². The van der Waals surface area contributed by atoms with Crippen molar-refractivity contribution >= 4 is 0 Å². The summed E-state index contributed by atoms with van der Waals surface area (Å²) in [7, 11) is 0. The molecule has 0 unspecified atom stereocenters. The molecule has 7 nitrogen and oxygen atoms in total. The molecule has 0 amide bonds. The molecule has 0 radical (unpaired) electrons. The topological polar surface area (TPSA) is 95.5 Å². The molecule has 0 aromatic heterocycles. The lowest BCUT2D eigenvalue weighted by molar-refractivity contribution is -0.854. The Morgan fingerprint density at radius 1 is 1.08 bits per heavy atom. The predicted octanol–water partition coefficient (Wildman–Crippen LogP) is 1.13. The highest BCUT2D eigenvalue weighted by Crippen LogP contribution is 2.31. The first kappa shape index (κ1) is 9.69. The van der Waals surface area contributed by atoms with Crippen LogP contribution < -0.4 is 0 Å². The first-order valence-corrected chi connectivity index (χ1v) is 4.05. The molecule has 1 fully saturated rings. The quantitative estimate of drug-likeness (QED) is 0.377. The van der Waals surface area contributed by atoms with Crippen LogP contribution >= 0.6 is 0 Å². The summed E-state index contributed by atoms with van der Waals surface area (Å²) in [5, 5.41) is 19.6. The maximum Gasteiger partial charge on any atom is 0.363 e. The third-order valence-corrected chi connectivity index (χ3v) is 2.21. The molecule has 0 atom stereocenters. The highest BCUT2D eigenvalue weighted by Gasteiger charge is 2.47. The first-order chi connectivity index (χ1) is 6.07. The Balaban J connectivity index is 2.73. The minimum atomic E-state index is -1.78. The fraction of sp³-hybridized carbons (Fsp3) is 1.00. The van der Waals surface area contributed by atoms with Gasteiger partial charge in [0.25, 0.3) is 0 Å². The summed E-state index contributed by atoms with van der Waals surface area (Å²) in [6.45, 7) is 0. The average Bonchev–Trinajstić information content (AvgIpc) is 2.04.